The highest BCUT2D eigenvalue weighted by molar-refractivity contribution is 7.80. The first-order valence-electron chi connectivity index (χ1n) is 7.65. The van der Waals surface area contributed by atoms with Crippen molar-refractivity contribution in [1.29, 1.82) is 0 Å². The van der Waals surface area contributed by atoms with Gasteiger partial charge in [0, 0.05) is 22.9 Å². The quantitative estimate of drug-likeness (QED) is 0.495. The van der Waals surface area contributed by atoms with Gasteiger partial charge in [0.1, 0.15) is 0 Å². The monoisotopic (exact) mass is 345 g/mol. The molecule has 6 heteroatoms. The van der Waals surface area contributed by atoms with Crippen LogP contribution < -0.4 is 10.7 Å². The van der Waals surface area contributed by atoms with Crippen LogP contribution in [0.25, 0.3) is 10.4 Å². The predicted octanol–water partition coefficient (Wildman–Crippen LogP) is 3.39. The van der Waals surface area contributed by atoms with Crippen LogP contribution in [-0.4, -0.2) is 30.6 Å². The molecule has 3 rings (SSSR count). The standard InChI is InChI=1S/C17H19N3OS2/c22-17(18-11-14-7-4-10-21-14)20-19-12-15-8-9-16(23-15)13-5-2-1-3-6-13/h1-3,5-6,8-9,12,14H,4,7,10-11H2,(H2,18,20,22)/b19-12-/t14-/m1/s1. The van der Waals surface area contributed by atoms with Gasteiger partial charge in [0.2, 0.25) is 0 Å². The van der Waals surface area contributed by atoms with Crippen molar-refractivity contribution in [1.82, 2.24) is 10.7 Å². The minimum absolute atomic E-state index is 0.268. The maximum Gasteiger partial charge on any atom is 0.187 e. The second-order valence-electron chi connectivity index (χ2n) is 5.28. The summed E-state index contributed by atoms with van der Waals surface area (Å²) in [6, 6.07) is 14.5. The first-order chi connectivity index (χ1) is 11.3. The zero-order valence-electron chi connectivity index (χ0n) is 12.7. The third-order valence-electron chi connectivity index (χ3n) is 3.56. The smallest absolute Gasteiger partial charge is 0.187 e. The largest absolute Gasteiger partial charge is 0.376 e. The van der Waals surface area contributed by atoms with E-state index in [0.717, 1.165) is 30.9 Å². The van der Waals surface area contributed by atoms with Crippen molar-refractivity contribution in [3.63, 3.8) is 0 Å². The van der Waals surface area contributed by atoms with Crippen molar-refractivity contribution in [2.75, 3.05) is 13.2 Å². The van der Waals surface area contributed by atoms with Gasteiger partial charge in [-0.2, -0.15) is 5.10 Å². The Bertz CT molecular complexity index is 663. The van der Waals surface area contributed by atoms with E-state index in [4.69, 9.17) is 17.0 Å². The SMILES string of the molecule is S=C(NC[C@H]1CCCO1)N/N=C\c1ccc(-c2ccccc2)s1. The fourth-order valence-electron chi connectivity index (χ4n) is 2.39. The minimum atomic E-state index is 0.268. The number of hydrogen-bond donors (Lipinski definition) is 2. The Morgan fingerprint density at radius 2 is 2.17 bits per heavy atom. The van der Waals surface area contributed by atoms with Crippen LogP contribution in [0.2, 0.25) is 0 Å². The van der Waals surface area contributed by atoms with Crippen molar-refractivity contribution < 1.29 is 4.74 Å². The first kappa shape index (κ1) is 16.1. The van der Waals surface area contributed by atoms with Crippen LogP contribution in [0.3, 0.4) is 0 Å². The summed E-state index contributed by atoms with van der Waals surface area (Å²) in [5.74, 6) is 0. The molecule has 0 amide bonds. The predicted molar refractivity (Wildman–Crippen MR) is 100 cm³/mol. The highest BCUT2D eigenvalue weighted by atomic mass is 32.1. The topological polar surface area (TPSA) is 45.6 Å². The third kappa shape index (κ3) is 4.86. The van der Waals surface area contributed by atoms with E-state index in [1.54, 1.807) is 17.6 Å². The summed E-state index contributed by atoms with van der Waals surface area (Å²) in [5.41, 5.74) is 4.07. The molecule has 1 aromatic carbocycles. The summed E-state index contributed by atoms with van der Waals surface area (Å²) in [4.78, 5) is 2.31. The van der Waals surface area contributed by atoms with Gasteiger partial charge in [-0.1, -0.05) is 30.3 Å². The van der Waals surface area contributed by atoms with Gasteiger partial charge in [-0.25, -0.2) is 0 Å². The van der Waals surface area contributed by atoms with Gasteiger partial charge >= 0.3 is 0 Å². The average Bonchev–Trinajstić information content (AvgIpc) is 3.26. The lowest BCUT2D eigenvalue weighted by Crippen LogP contribution is -2.37. The number of rotatable bonds is 5. The number of nitrogens with one attached hydrogen (secondary N) is 2. The summed E-state index contributed by atoms with van der Waals surface area (Å²) in [6.45, 7) is 1.59. The van der Waals surface area contributed by atoms with E-state index in [1.165, 1.54) is 10.4 Å². The molecule has 0 radical (unpaired) electrons. The third-order valence-corrected chi connectivity index (χ3v) is 4.86. The molecule has 2 heterocycles. The van der Waals surface area contributed by atoms with Crippen LogP contribution in [0.15, 0.2) is 47.6 Å². The number of hydrazone groups is 1. The molecule has 1 aliphatic rings. The molecule has 120 valence electrons. The van der Waals surface area contributed by atoms with E-state index in [0.29, 0.717) is 5.11 Å². The molecule has 2 aromatic rings. The molecule has 1 saturated heterocycles. The van der Waals surface area contributed by atoms with E-state index >= 15 is 0 Å². The Labute approximate surface area is 145 Å². The van der Waals surface area contributed by atoms with E-state index in [1.807, 2.05) is 18.2 Å². The molecule has 1 atom stereocenters. The van der Waals surface area contributed by atoms with E-state index < -0.39 is 0 Å². The fraction of sp³-hybridized carbons (Fsp3) is 0.294. The summed E-state index contributed by atoms with van der Waals surface area (Å²) in [6.07, 6.45) is 4.28. The van der Waals surface area contributed by atoms with Crippen LogP contribution in [-0.2, 0) is 4.74 Å². The number of ether oxygens (including phenoxy) is 1. The van der Waals surface area contributed by atoms with Crippen LogP contribution in [0, 0.1) is 0 Å². The molecule has 0 bridgehead atoms. The van der Waals surface area contributed by atoms with Gasteiger partial charge in [0.15, 0.2) is 5.11 Å². The lowest BCUT2D eigenvalue weighted by molar-refractivity contribution is 0.114. The molecule has 1 aromatic heterocycles. The van der Waals surface area contributed by atoms with Crippen molar-refractivity contribution >= 4 is 34.9 Å². The van der Waals surface area contributed by atoms with Crippen LogP contribution >= 0.6 is 23.6 Å². The molecule has 4 nitrogen and oxygen atoms in total. The Morgan fingerprint density at radius 1 is 1.30 bits per heavy atom. The van der Waals surface area contributed by atoms with E-state index in [9.17, 15) is 0 Å². The van der Waals surface area contributed by atoms with Crippen LogP contribution in [0.4, 0.5) is 0 Å². The maximum absolute atomic E-state index is 5.54. The van der Waals surface area contributed by atoms with Gasteiger partial charge in [0.25, 0.3) is 0 Å². The van der Waals surface area contributed by atoms with E-state index in [-0.39, 0.29) is 6.10 Å². The molecule has 2 N–H and O–H groups in total. The summed E-state index contributed by atoms with van der Waals surface area (Å²) < 4.78 is 5.54. The van der Waals surface area contributed by atoms with E-state index in [2.05, 4.69) is 40.1 Å². The van der Waals surface area contributed by atoms with Crippen molar-refractivity contribution in [3.8, 4) is 10.4 Å². The Kier molecular flexibility index (Phi) is 5.74. The van der Waals surface area contributed by atoms with Gasteiger partial charge in [-0.3, -0.25) is 5.43 Å². The fourth-order valence-corrected chi connectivity index (χ4v) is 3.41. The molecule has 1 aliphatic heterocycles. The zero-order chi connectivity index (χ0) is 15.9. The van der Waals surface area contributed by atoms with Crippen LogP contribution in [0.5, 0.6) is 0 Å². The number of nitrogens with zero attached hydrogens (tertiary/aromatic N) is 1. The van der Waals surface area contributed by atoms with Gasteiger partial charge in [0.05, 0.1) is 12.3 Å². The zero-order valence-corrected chi connectivity index (χ0v) is 14.3. The lowest BCUT2D eigenvalue weighted by Gasteiger charge is -2.11. The number of thiophene rings is 1. The van der Waals surface area contributed by atoms with Crippen molar-refractivity contribution in [2.45, 2.75) is 18.9 Å². The van der Waals surface area contributed by atoms with Crippen molar-refractivity contribution in [2.24, 2.45) is 5.10 Å². The maximum atomic E-state index is 5.54. The summed E-state index contributed by atoms with van der Waals surface area (Å²) in [5, 5.41) is 7.84. The van der Waals surface area contributed by atoms with Gasteiger partial charge in [-0.15, -0.1) is 11.3 Å². The molecule has 1 fully saturated rings. The van der Waals surface area contributed by atoms with Crippen molar-refractivity contribution in [3.05, 3.63) is 47.3 Å². The molecular formula is C17H19N3OS2. The van der Waals surface area contributed by atoms with Gasteiger partial charge < -0.3 is 10.1 Å². The number of thiocarbonyl (C=S) groups is 1. The van der Waals surface area contributed by atoms with Crippen LogP contribution in [0.1, 0.15) is 17.7 Å². The summed E-state index contributed by atoms with van der Waals surface area (Å²) >= 11 is 6.90. The highest BCUT2D eigenvalue weighted by Crippen LogP contribution is 2.26. The second kappa shape index (κ2) is 8.19. The normalized spacial score (nSPS) is 17.5. The lowest BCUT2D eigenvalue weighted by atomic mass is 10.2. The molecule has 0 aliphatic carbocycles. The minimum Gasteiger partial charge on any atom is -0.376 e. The highest BCUT2D eigenvalue weighted by Gasteiger charge is 2.14. The number of benzene rings is 1. The summed E-state index contributed by atoms with van der Waals surface area (Å²) in [7, 11) is 0. The molecule has 0 unspecified atom stereocenters. The average molecular weight is 345 g/mol. The molecule has 0 saturated carbocycles. The number of hydrogen-bond acceptors (Lipinski definition) is 4. The molecule has 0 spiro atoms. The Hall–Kier alpha value is -1.76. The molecular weight excluding hydrogens is 326 g/mol. The first-order valence-corrected chi connectivity index (χ1v) is 8.87. The van der Waals surface area contributed by atoms with Gasteiger partial charge in [-0.05, 0) is 42.8 Å². The Morgan fingerprint density at radius 3 is 2.96 bits per heavy atom. The molecule has 23 heavy (non-hydrogen) atoms. The Balaban J connectivity index is 1.46. The second-order valence-corrected chi connectivity index (χ2v) is 6.81.